The van der Waals surface area contributed by atoms with E-state index < -0.39 is 5.41 Å². The molecule has 1 atom stereocenters. The molecule has 1 aliphatic carbocycles. The van der Waals surface area contributed by atoms with Crippen molar-refractivity contribution >= 4 is 0 Å². The van der Waals surface area contributed by atoms with Crippen LogP contribution in [0.3, 0.4) is 0 Å². The molecule has 0 radical (unpaired) electrons. The molecule has 0 heterocycles. The van der Waals surface area contributed by atoms with E-state index in [1.54, 1.807) is 0 Å². The number of hydrogen-bond donors (Lipinski definition) is 0. The van der Waals surface area contributed by atoms with E-state index in [0.29, 0.717) is 6.42 Å². The second-order valence-corrected chi connectivity index (χ2v) is 2.80. The van der Waals surface area contributed by atoms with Crippen LogP contribution >= 0.6 is 0 Å². The van der Waals surface area contributed by atoms with Gasteiger partial charge in [0.2, 0.25) is 0 Å². The highest BCUT2D eigenvalue weighted by Crippen LogP contribution is 2.54. The number of nitriles is 2. The summed E-state index contributed by atoms with van der Waals surface area (Å²) in [4.78, 5) is 0. The summed E-state index contributed by atoms with van der Waals surface area (Å²) in [5.41, 5.74) is 0.231. The van der Waals surface area contributed by atoms with E-state index in [4.69, 9.17) is 10.5 Å². The van der Waals surface area contributed by atoms with Crippen molar-refractivity contribution in [2.24, 2.45) is 11.3 Å². The summed E-state index contributed by atoms with van der Waals surface area (Å²) >= 11 is 0. The fourth-order valence-electron chi connectivity index (χ4n) is 1.13. The van der Waals surface area contributed by atoms with Gasteiger partial charge in [0.15, 0.2) is 5.41 Å². The van der Waals surface area contributed by atoms with Crippen LogP contribution in [0, 0.1) is 34.0 Å². The summed E-state index contributed by atoms with van der Waals surface area (Å²) in [5, 5.41) is 17.1. The van der Waals surface area contributed by atoms with Crippen LogP contribution in [0.2, 0.25) is 0 Å². The first-order valence-corrected chi connectivity index (χ1v) is 3.14. The molecule has 2 heteroatoms. The maximum Gasteiger partial charge on any atom is 0.151 e. The van der Waals surface area contributed by atoms with Crippen LogP contribution < -0.4 is 0 Å². The minimum atomic E-state index is -0.716. The molecule has 0 N–H and O–H groups in total. The van der Waals surface area contributed by atoms with Gasteiger partial charge >= 0.3 is 0 Å². The van der Waals surface area contributed by atoms with Crippen molar-refractivity contribution in [2.45, 2.75) is 13.3 Å². The summed E-state index contributed by atoms with van der Waals surface area (Å²) in [6.07, 6.45) is 0.676. The fraction of sp³-hybridized carbons (Fsp3) is 0.500. The topological polar surface area (TPSA) is 47.6 Å². The SMILES string of the molecule is C=C(C)[C@@H]1CC1(C#N)C#N. The Morgan fingerprint density at radius 2 is 2.10 bits per heavy atom. The maximum atomic E-state index is 8.56. The molecule has 0 spiro atoms. The lowest BCUT2D eigenvalue weighted by molar-refractivity contribution is 0.797. The van der Waals surface area contributed by atoms with Crippen molar-refractivity contribution in [3.05, 3.63) is 12.2 Å². The predicted octanol–water partition coefficient (Wildman–Crippen LogP) is 1.62. The van der Waals surface area contributed by atoms with Crippen molar-refractivity contribution in [3.63, 3.8) is 0 Å². The minimum absolute atomic E-state index is 0.127. The van der Waals surface area contributed by atoms with Crippen LogP contribution in [0.4, 0.5) is 0 Å². The summed E-state index contributed by atoms with van der Waals surface area (Å²) in [6, 6.07) is 4.02. The third-order valence-corrected chi connectivity index (χ3v) is 1.95. The Morgan fingerprint density at radius 1 is 1.60 bits per heavy atom. The summed E-state index contributed by atoms with van der Waals surface area (Å²) < 4.78 is 0. The van der Waals surface area contributed by atoms with Gasteiger partial charge in [0.05, 0.1) is 12.1 Å². The monoisotopic (exact) mass is 132 g/mol. The van der Waals surface area contributed by atoms with Crippen LogP contribution in [0.1, 0.15) is 13.3 Å². The van der Waals surface area contributed by atoms with Crippen LogP contribution in [0.15, 0.2) is 12.2 Å². The molecule has 0 aliphatic heterocycles. The Morgan fingerprint density at radius 3 is 2.20 bits per heavy atom. The molecule has 1 aliphatic rings. The van der Waals surface area contributed by atoms with Crippen molar-refractivity contribution in [3.8, 4) is 12.1 Å². The average Bonchev–Trinajstić information content (AvgIpc) is 2.63. The van der Waals surface area contributed by atoms with Crippen molar-refractivity contribution < 1.29 is 0 Å². The van der Waals surface area contributed by atoms with Gasteiger partial charge in [-0.1, -0.05) is 12.2 Å². The van der Waals surface area contributed by atoms with Gasteiger partial charge < -0.3 is 0 Å². The standard InChI is InChI=1S/C8H8N2/c1-6(2)7-3-8(7,4-9)5-10/h7H,1,3H2,2H3/t7-/m0/s1. The van der Waals surface area contributed by atoms with Crippen molar-refractivity contribution in [1.29, 1.82) is 10.5 Å². The molecule has 0 bridgehead atoms. The highest BCUT2D eigenvalue weighted by atomic mass is 14.6. The Hall–Kier alpha value is -1.28. The molecule has 1 fully saturated rings. The van der Waals surface area contributed by atoms with Gasteiger partial charge in [-0.25, -0.2) is 0 Å². The molecule has 0 unspecified atom stereocenters. The molecule has 10 heavy (non-hydrogen) atoms. The van der Waals surface area contributed by atoms with E-state index in [9.17, 15) is 0 Å². The van der Waals surface area contributed by atoms with E-state index in [0.717, 1.165) is 5.57 Å². The zero-order chi connectivity index (χ0) is 7.78. The maximum absolute atomic E-state index is 8.56. The van der Waals surface area contributed by atoms with Gasteiger partial charge in [0.1, 0.15) is 0 Å². The summed E-state index contributed by atoms with van der Waals surface area (Å²) in [5.74, 6) is 0.127. The average molecular weight is 132 g/mol. The van der Waals surface area contributed by atoms with Crippen LogP contribution in [0.25, 0.3) is 0 Å². The molecule has 0 aromatic heterocycles. The number of rotatable bonds is 1. The first-order valence-electron chi connectivity index (χ1n) is 3.14. The lowest BCUT2D eigenvalue weighted by atomic mass is 10.0. The Labute approximate surface area is 60.4 Å². The Kier molecular flexibility index (Phi) is 1.27. The highest BCUT2D eigenvalue weighted by Gasteiger charge is 2.56. The fourth-order valence-corrected chi connectivity index (χ4v) is 1.13. The summed E-state index contributed by atoms with van der Waals surface area (Å²) in [6.45, 7) is 5.57. The highest BCUT2D eigenvalue weighted by molar-refractivity contribution is 5.34. The first-order chi connectivity index (χ1) is 4.66. The largest absolute Gasteiger partial charge is 0.197 e. The van der Waals surface area contributed by atoms with E-state index in [-0.39, 0.29) is 5.92 Å². The molecule has 0 aromatic rings. The van der Waals surface area contributed by atoms with E-state index >= 15 is 0 Å². The Balaban J connectivity index is 2.76. The first kappa shape index (κ1) is 6.83. The van der Waals surface area contributed by atoms with E-state index in [1.807, 2.05) is 19.1 Å². The zero-order valence-corrected chi connectivity index (χ0v) is 5.89. The minimum Gasteiger partial charge on any atom is -0.197 e. The van der Waals surface area contributed by atoms with Gasteiger partial charge in [0.25, 0.3) is 0 Å². The molecule has 0 saturated heterocycles. The van der Waals surface area contributed by atoms with E-state index in [2.05, 4.69) is 6.58 Å². The third kappa shape index (κ3) is 0.700. The quantitative estimate of drug-likeness (QED) is 0.509. The lowest BCUT2D eigenvalue weighted by Crippen LogP contribution is -1.95. The van der Waals surface area contributed by atoms with Crippen LogP contribution in [0.5, 0.6) is 0 Å². The molecular weight excluding hydrogens is 124 g/mol. The molecule has 50 valence electrons. The molecule has 1 rings (SSSR count). The molecule has 0 amide bonds. The second-order valence-electron chi connectivity index (χ2n) is 2.80. The smallest absolute Gasteiger partial charge is 0.151 e. The van der Waals surface area contributed by atoms with Gasteiger partial charge in [-0.3, -0.25) is 0 Å². The normalized spacial score (nSPS) is 26.1. The van der Waals surface area contributed by atoms with Crippen LogP contribution in [-0.2, 0) is 0 Å². The van der Waals surface area contributed by atoms with Gasteiger partial charge in [-0.15, -0.1) is 0 Å². The number of allylic oxidation sites excluding steroid dienone is 1. The van der Waals surface area contributed by atoms with Crippen molar-refractivity contribution in [1.82, 2.24) is 0 Å². The number of nitrogens with zero attached hydrogens (tertiary/aromatic N) is 2. The molecule has 0 aromatic carbocycles. The number of hydrogen-bond acceptors (Lipinski definition) is 2. The molecular formula is C8H8N2. The Bertz CT molecular complexity index is 237. The van der Waals surface area contributed by atoms with E-state index in [1.165, 1.54) is 0 Å². The van der Waals surface area contributed by atoms with Gasteiger partial charge in [-0.2, -0.15) is 10.5 Å². The van der Waals surface area contributed by atoms with Crippen molar-refractivity contribution in [2.75, 3.05) is 0 Å². The third-order valence-electron chi connectivity index (χ3n) is 1.95. The lowest BCUT2D eigenvalue weighted by Gasteiger charge is -1.93. The van der Waals surface area contributed by atoms with Crippen LogP contribution in [-0.4, -0.2) is 0 Å². The van der Waals surface area contributed by atoms with Gasteiger partial charge in [0, 0.05) is 5.92 Å². The zero-order valence-electron chi connectivity index (χ0n) is 5.89. The molecule has 2 nitrogen and oxygen atoms in total. The van der Waals surface area contributed by atoms with Gasteiger partial charge in [-0.05, 0) is 13.3 Å². The second kappa shape index (κ2) is 1.85. The predicted molar refractivity (Wildman–Crippen MR) is 36.6 cm³/mol. The molecule has 1 saturated carbocycles. The summed E-state index contributed by atoms with van der Waals surface area (Å²) in [7, 11) is 0.